The van der Waals surface area contributed by atoms with Gasteiger partial charge in [0, 0.05) is 6.54 Å². The van der Waals surface area contributed by atoms with Gasteiger partial charge in [0.15, 0.2) is 17.4 Å². The molecule has 21 heavy (non-hydrogen) atoms. The van der Waals surface area contributed by atoms with Crippen LogP contribution in [0.5, 0.6) is 0 Å². The zero-order valence-corrected chi connectivity index (χ0v) is 11.7. The summed E-state index contributed by atoms with van der Waals surface area (Å²) in [4.78, 5) is 5.92. The van der Waals surface area contributed by atoms with E-state index in [9.17, 15) is 10.2 Å². The van der Waals surface area contributed by atoms with Gasteiger partial charge in [0.05, 0.1) is 6.54 Å². The van der Waals surface area contributed by atoms with E-state index >= 15 is 0 Å². The predicted molar refractivity (Wildman–Crippen MR) is 79.1 cm³/mol. The highest BCUT2D eigenvalue weighted by atomic mass is 16.3. The SMILES string of the molecule is Cc1ccc(C2=NC(O)=C(O)CN2Cc2ccccc2)o1. The molecule has 0 amide bonds. The quantitative estimate of drug-likeness (QED) is 0.908. The molecule has 0 atom stereocenters. The molecule has 1 aromatic carbocycles. The Bertz CT molecular complexity index is 701. The summed E-state index contributed by atoms with van der Waals surface area (Å²) in [6, 6.07) is 13.5. The van der Waals surface area contributed by atoms with Crippen molar-refractivity contribution >= 4 is 5.84 Å². The first-order chi connectivity index (χ1) is 10.1. The number of rotatable bonds is 3. The summed E-state index contributed by atoms with van der Waals surface area (Å²) in [5.41, 5.74) is 1.09. The van der Waals surface area contributed by atoms with Crippen LogP contribution in [0.3, 0.4) is 0 Å². The number of benzene rings is 1. The normalized spacial score (nSPS) is 15.3. The van der Waals surface area contributed by atoms with Gasteiger partial charge < -0.3 is 19.5 Å². The van der Waals surface area contributed by atoms with Crippen LogP contribution in [-0.2, 0) is 6.54 Å². The van der Waals surface area contributed by atoms with Crippen molar-refractivity contribution in [3.63, 3.8) is 0 Å². The Hall–Kier alpha value is -2.69. The van der Waals surface area contributed by atoms with Crippen LogP contribution in [0, 0.1) is 6.92 Å². The molecule has 5 nitrogen and oxygen atoms in total. The number of aliphatic imine (C=N–C) groups is 1. The molecular formula is C16H16N2O3. The van der Waals surface area contributed by atoms with Crippen LogP contribution >= 0.6 is 0 Å². The van der Waals surface area contributed by atoms with Crippen molar-refractivity contribution in [1.82, 2.24) is 4.90 Å². The summed E-state index contributed by atoms with van der Waals surface area (Å²) < 4.78 is 5.59. The molecule has 2 heterocycles. The highest BCUT2D eigenvalue weighted by molar-refractivity contribution is 5.97. The molecule has 1 aliphatic rings. The first-order valence-electron chi connectivity index (χ1n) is 6.69. The van der Waals surface area contributed by atoms with Crippen LogP contribution in [0.15, 0.2) is 63.5 Å². The zero-order chi connectivity index (χ0) is 14.8. The Morgan fingerprint density at radius 2 is 1.90 bits per heavy atom. The van der Waals surface area contributed by atoms with Crippen molar-refractivity contribution in [3.8, 4) is 0 Å². The minimum Gasteiger partial charge on any atom is -0.506 e. The van der Waals surface area contributed by atoms with Gasteiger partial charge in [-0.05, 0) is 24.6 Å². The van der Waals surface area contributed by atoms with Crippen molar-refractivity contribution in [1.29, 1.82) is 0 Å². The predicted octanol–water partition coefficient (Wildman–Crippen LogP) is 3.14. The van der Waals surface area contributed by atoms with Gasteiger partial charge in [0.25, 0.3) is 5.88 Å². The van der Waals surface area contributed by atoms with Crippen LogP contribution in [-0.4, -0.2) is 27.5 Å². The van der Waals surface area contributed by atoms with E-state index in [0.29, 0.717) is 18.1 Å². The van der Waals surface area contributed by atoms with E-state index in [1.807, 2.05) is 54.3 Å². The molecule has 0 saturated heterocycles. The van der Waals surface area contributed by atoms with Gasteiger partial charge in [0.2, 0.25) is 0 Å². The molecule has 108 valence electrons. The molecule has 2 N–H and O–H groups in total. The van der Waals surface area contributed by atoms with Gasteiger partial charge in [0.1, 0.15) is 5.76 Å². The van der Waals surface area contributed by atoms with Crippen LogP contribution in [0.25, 0.3) is 0 Å². The molecule has 0 spiro atoms. The third kappa shape index (κ3) is 2.76. The van der Waals surface area contributed by atoms with Gasteiger partial charge in [-0.25, -0.2) is 0 Å². The molecule has 0 fully saturated rings. The van der Waals surface area contributed by atoms with Crippen molar-refractivity contribution in [2.45, 2.75) is 13.5 Å². The number of hydrogen-bond acceptors (Lipinski definition) is 5. The van der Waals surface area contributed by atoms with Crippen molar-refractivity contribution in [2.75, 3.05) is 6.54 Å². The van der Waals surface area contributed by atoms with E-state index in [0.717, 1.165) is 11.3 Å². The van der Waals surface area contributed by atoms with Gasteiger partial charge in [-0.1, -0.05) is 30.3 Å². The highest BCUT2D eigenvalue weighted by Crippen LogP contribution is 2.20. The molecule has 2 aromatic rings. The number of aliphatic hydroxyl groups excluding tert-OH is 2. The number of furan rings is 1. The first-order valence-corrected chi connectivity index (χ1v) is 6.69. The number of hydrogen-bond donors (Lipinski definition) is 2. The van der Waals surface area contributed by atoms with Crippen LogP contribution in [0.1, 0.15) is 17.1 Å². The minimum atomic E-state index is -0.358. The molecule has 0 bridgehead atoms. The molecular weight excluding hydrogens is 268 g/mol. The summed E-state index contributed by atoms with van der Waals surface area (Å²) >= 11 is 0. The molecule has 0 saturated carbocycles. The summed E-state index contributed by atoms with van der Waals surface area (Å²) in [5, 5.41) is 19.4. The number of nitrogens with zero attached hydrogens (tertiary/aromatic N) is 2. The van der Waals surface area contributed by atoms with Gasteiger partial charge in [-0.3, -0.25) is 0 Å². The smallest absolute Gasteiger partial charge is 0.253 e. The molecule has 0 unspecified atom stereocenters. The van der Waals surface area contributed by atoms with Gasteiger partial charge in [-0.15, -0.1) is 0 Å². The van der Waals surface area contributed by atoms with E-state index in [2.05, 4.69) is 4.99 Å². The summed E-state index contributed by atoms with van der Waals surface area (Å²) in [5.74, 6) is 1.36. The lowest BCUT2D eigenvalue weighted by Gasteiger charge is -2.27. The molecule has 0 aliphatic carbocycles. The number of aryl methyl sites for hydroxylation is 1. The first kappa shape index (κ1) is 13.3. The van der Waals surface area contributed by atoms with Gasteiger partial charge in [-0.2, -0.15) is 4.99 Å². The Morgan fingerprint density at radius 3 is 2.57 bits per heavy atom. The van der Waals surface area contributed by atoms with E-state index in [1.165, 1.54) is 0 Å². The molecule has 1 aliphatic heterocycles. The second-order valence-electron chi connectivity index (χ2n) is 4.96. The topological polar surface area (TPSA) is 69.2 Å². The average molecular weight is 284 g/mol. The van der Waals surface area contributed by atoms with Crippen LogP contribution in [0.4, 0.5) is 0 Å². The lowest BCUT2D eigenvalue weighted by molar-refractivity contribution is 0.263. The standard InChI is InChI=1S/C16H16N2O3/c1-11-7-8-14(21-11)15-17-16(20)13(19)10-18(15)9-12-5-3-2-4-6-12/h2-8,19-20H,9-10H2,1H3. The Morgan fingerprint density at radius 1 is 1.14 bits per heavy atom. The van der Waals surface area contributed by atoms with E-state index < -0.39 is 0 Å². The molecule has 0 radical (unpaired) electrons. The fraction of sp³-hybridized carbons (Fsp3) is 0.188. The maximum atomic E-state index is 9.75. The highest BCUT2D eigenvalue weighted by Gasteiger charge is 2.25. The second kappa shape index (κ2) is 5.36. The van der Waals surface area contributed by atoms with E-state index in [-0.39, 0.29) is 18.2 Å². The monoisotopic (exact) mass is 284 g/mol. The zero-order valence-electron chi connectivity index (χ0n) is 11.7. The summed E-state index contributed by atoms with van der Waals surface area (Å²) in [6.07, 6.45) is 0. The Kier molecular flexibility index (Phi) is 3.39. The maximum absolute atomic E-state index is 9.75. The van der Waals surface area contributed by atoms with Crippen molar-refractivity contribution < 1.29 is 14.6 Å². The molecule has 1 aromatic heterocycles. The third-order valence-corrected chi connectivity index (χ3v) is 3.29. The third-order valence-electron chi connectivity index (χ3n) is 3.29. The van der Waals surface area contributed by atoms with E-state index in [1.54, 1.807) is 0 Å². The molecule has 3 rings (SSSR count). The summed E-state index contributed by atoms with van der Waals surface area (Å²) in [6.45, 7) is 2.61. The maximum Gasteiger partial charge on any atom is 0.253 e. The summed E-state index contributed by atoms with van der Waals surface area (Å²) in [7, 11) is 0. The van der Waals surface area contributed by atoms with Crippen LogP contribution < -0.4 is 0 Å². The number of amidine groups is 1. The number of aliphatic hydroxyl groups is 2. The van der Waals surface area contributed by atoms with E-state index in [4.69, 9.17) is 4.42 Å². The fourth-order valence-corrected chi connectivity index (χ4v) is 2.26. The Balaban J connectivity index is 1.93. The van der Waals surface area contributed by atoms with Crippen LogP contribution in [0.2, 0.25) is 0 Å². The van der Waals surface area contributed by atoms with Gasteiger partial charge >= 0.3 is 0 Å². The minimum absolute atomic E-state index is 0.141. The molecule has 5 heteroatoms. The Labute approximate surface area is 122 Å². The fourth-order valence-electron chi connectivity index (χ4n) is 2.26. The lowest BCUT2D eigenvalue weighted by atomic mass is 10.2. The average Bonchev–Trinajstić information content (AvgIpc) is 2.90. The second-order valence-corrected chi connectivity index (χ2v) is 4.96. The van der Waals surface area contributed by atoms with Crippen molar-refractivity contribution in [3.05, 3.63) is 71.2 Å². The lowest BCUT2D eigenvalue weighted by Crippen LogP contribution is -2.36. The largest absolute Gasteiger partial charge is 0.506 e. The van der Waals surface area contributed by atoms with Crippen molar-refractivity contribution in [2.24, 2.45) is 4.99 Å².